The van der Waals surface area contributed by atoms with Crippen LogP contribution in [0, 0.1) is 0 Å². The van der Waals surface area contributed by atoms with Gasteiger partial charge in [-0.05, 0) is 50.8 Å². The number of carbonyl (C=O) groups is 3. The molecule has 1 aromatic rings. The van der Waals surface area contributed by atoms with E-state index in [0.29, 0.717) is 22.6 Å². The lowest BCUT2D eigenvalue weighted by Gasteiger charge is -2.18. The minimum Gasteiger partial charge on any atom is -0.448 e. The van der Waals surface area contributed by atoms with Crippen molar-refractivity contribution in [2.45, 2.75) is 31.0 Å². The Bertz CT molecular complexity index is 687. The second kappa shape index (κ2) is 7.27. The minimum atomic E-state index is -0.889. The molecule has 0 fully saturated rings. The van der Waals surface area contributed by atoms with Crippen molar-refractivity contribution in [1.82, 2.24) is 0 Å². The summed E-state index contributed by atoms with van der Waals surface area (Å²) in [5.41, 5.74) is 0.766. The third kappa shape index (κ3) is 3.37. The molecule has 0 bridgehead atoms. The van der Waals surface area contributed by atoms with Gasteiger partial charge in [0.15, 0.2) is 5.78 Å². The van der Waals surface area contributed by atoms with Crippen molar-refractivity contribution in [2.75, 3.05) is 23.5 Å². The highest BCUT2D eigenvalue weighted by molar-refractivity contribution is 9.10. The number of anilines is 1. The first-order valence-corrected chi connectivity index (χ1v) is 9.85. The van der Waals surface area contributed by atoms with Crippen molar-refractivity contribution < 1.29 is 19.1 Å². The number of amides is 2. The van der Waals surface area contributed by atoms with Crippen molar-refractivity contribution in [3.8, 4) is 0 Å². The second-order valence-electron chi connectivity index (χ2n) is 6.08. The SMILES string of the molecule is CSCCOC(=O)N1C(=O)C(C)(C)c2cc(C(=O)C(C)Br)ccc21. The summed E-state index contributed by atoms with van der Waals surface area (Å²) in [4.78, 5) is 37.9. The molecule has 1 unspecified atom stereocenters. The molecule has 24 heavy (non-hydrogen) atoms. The second-order valence-corrected chi connectivity index (χ2v) is 8.44. The lowest BCUT2D eigenvalue weighted by Crippen LogP contribution is -2.40. The number of hydrogen-bond donors (Lipinski definition) is 0. The van der Waals surface area contributed by atoms with Crippen LogP contribution in [0.15, 0.2) is 18.2 Å². The number of imide groups is 1. The van der Waals surface area contributed by atoms with Gasteiger partial charge in [-0.15, -0.1) is 0 Å². The van der Waals surface area contributed by atoms with Crippen LogP contribution in [-0.4, -0.2) is 41.2 Å². The number of alkyl halides is 1. The maximum Gasteiger partial charge on any atom is 0.421 e. The highest BCUT2D eigenvalue weighted by Gasteiger charge is 2.47. The number of halogens is 1. The number of fused-ring (bicyclic) bond motifs is 1. The summed E-state index contributed by atoms with van der Waals surface area (Å²) in [6.45, 7) is 5.49. The number of hydrogen-bond acceptors (Lipinski definition) is 5. The Hall–Kier alpha value is -1.34. The zero-order chi connectivity index (χ0) is 18.1. The molecule has 2 amide bonds. The minimum absolute atomic E-state index is 0.0675. The van der Waals surface area contributed by atoms with E-state index in [1.807, 2.05) is 6.26 Å². The first-order valence-electron chi connectivity index (χ1n) is 7.55. The average Bonchev–Trinajstić information content (AvgIpc) is 2.73. The van der Waals surface area contributed by atoms with E-state index in [1.54, 1.807) is 50.7 Å². The molecule has 1 aliphatic heterocycles. The van der Waals surface area contributed by atoms with Gasteiger partial charge in [-0.1, -0.05) is 15.9 Å². The Labute approximate surface area is 154 Å². The van der Waals surface area contributed by atoms with Crippen LogP contribution >= 0.6 is 27.7 Å². The van der Waals surface area contributed by atoms with Gasteiger partial charge in [0, 0.05) is 11.3 Å². The van der Waals surface area contributed by atoms with E-state index in [1.165, 1.54) is 0 Å². The molecule has 0 spiro atoms. The molecular weight excluding hydrogens is 394 g/mol. The quantitative estimate of drug-likeness (QED) is 0.417. The Morgan fingerprint density at radius 1 is 1.38 bits per heavy atom. The lowest BCUT2D eigenvalue weighted by atomic mass is 9.85. The van der Waals surface area contributed by atoms with E-state index >= 15 is 0 Å². The monoisotopic (exact) mass is 413 g/mol. The zero-order valence-corrected chi connectivity index (χ0v) is 16.5. The van der Waals surface area contributed by atoms with E-state index in [-0.39, 0.29) is 23.1 Å². The molecule has 0 N–H and O–H groups in total. The predicted molar refractivity (Wildman–Crippen MR) is 99.4 cm³/mol. The lowest BCUT2D eigenvalue weighted by molar-refractivity contribution is -0.121. The summed E-state index contributed by atoms with van der Waals surface area (Å²) < 4.78 is 5.17. The van der Waals surface area contributed by atoms with Crippen molar-refractivity contribution in [3.63, 3.8) is 0 Å². The summed E-state index contributed by atoms with van der Waals surface area (Å²) in [7, 11) is 0. The van der Waals surface area contributed by atoms with Crippen molar-refractivity contribution in [3.05, 3.63) is 29.3 Å². The molecule has 1 aromatic carbocycles. The largest absolute Gasteiger partial charge is 0.448 e. The Balaban J connectivity index is 2.39. The van der Waals surface area contributed by atoms with Gasteiger partial charge < -0.3 is 4.74 Å². The maximum atomic E-state index is 12.7. The van der Waals surface area contributed by atoms with Gasteiger partial charge in [-0.2, -0.15) is 11.8 Å². The van der Waals surface area contributed by atoms with Gasteiger partial charge in [0.25, 0.3) is 0 Å². The third-order valence-electron chi connectivity index (χ3n) is 3.99. The summed E-state index contributed by atoms with van der Waals surface area (Å²) in [6.07, 6.45) is 1.24. The van der Waals surface area contributed by atoms with Crippen molar-refractivity contribution in [1.29, 1.82) is 0 Å². The zero-order valence-electron chi connectivity index (χ0n) is 14.1. The van der Waals surface area contributed by atoms with Crippen LogP contribution < -0.4 is 4.90 Å². The molecule has 0 saturated carbocycles. The topological polar surface area (TPSA) is 63.7 Å². The molecule has 0 aliphatic carbocycles. The number of ketones is 1. The first kappa shape index (κ1) is 19.0. The fraction of sp³-hybridized carbons (Fsp3) is 0.471. The van der Waals surface area contributed by atoms with Crippen LogP contribution in [0.1, 0.15) is 36.7 Å². The van der Waals surface area contributed by atoms with Crippen molar-refractivity contribution >= 4 is 51.2 Å². The number of benzene rings is 1. The van der Waals surface area contributed by atoms with Crippen molar-refractivity contribution in [2.24, 2.45) is 0 Å². The summed E-state index contributed by atoms with van der Waals surface area (Å²) >= 11 is 4.82. The standard InChI is InChI=1S/C17H20BrNO4S/c1-10(18)14(20)11-5-6-13-12(9-11)17(2,3)15(21)19(13)16(22)23-7-8-24-4/h5-6,9-10H,7-8H2,1-4H3. The Kier molecular flexibility index (Phi) is 5.75. The van der Waals surface area contributed by atoms with E-state index < -0.39 is 11.5 Å². The van der Waals surface area contributed by atoms with Crippen LogP contribution in [0.3, 0.4) is 0 Å². The van der Waals surface area contributed by atoms with Crippen LogP contribution in [0.5, 0.6) is 0 Å². The predicted octanol–water partition coefficient (Wildman–Crippen LogP) is 3.78. The molecule has 1 heterocycles. The van der Waals surface area contributed by atoms with Crippen LogP contribution in [0.25, 0.3) is 0 Å². The maximum absolute atomic E-state index is 12.7. The van der Waals surface area contributed by atoms with Gasteiger partial charge in [-0.3, -0.25) is 9.59 Å². The van der Waals surface area contributed by atoms with E-state index in [4.69, 9.17) is 4.74 Å². The summed E-state index contributed by atoms with van der Waals surface area (Å²) in [5, 5.41) is 0. The molecule has 5 nitrogen and oxygen atoms in total. The first-order chi connectivity index (χ1) is 11.2. The smallest absolute Gasteiger partial charge is 0.421 e. The molecule has 130 valence electrons. The van der Waals surface area contributed by atoms with Gasteiger partial charge >= 0.3 is 6.09 Å². The third-order valence-corrected chi connectivity index (χ3v) is 4.98. The number of rotatable bonds is 5. The molecule has 0 radical (unpaired) electrons. The van der Waals surface area contributed by atoms with Crippen LogP contribution in [0.2, 0.25) is 0 Å². The van der Waals surface area contributed by atoms with Gasteiger partial charge in [0.1, 0.15) is 6.61 Å². The highest BCUT2D eigenvalue weighted by atomic mass is 79.9. The number of thioether (sulfide) groups is 1. The summed E-state index contributed by atoms with van der Waals surface area (Å²) in [5.74, 6) is 0.255. The fourth-order valence-electron chi connectivity index (χ4n) is 2.58. The van der Waals surface area contributed by atoms with Gasteiger partial charge in [-0.25, -0.2) is 9.69 Å². The van der Waals surface area contributed by atoms with E-state index in [0.717, 1.165) is 4.90 Å². The number of carbonyl (C=O) groups excluding carboxylic acids is 3. The molecule has 0 saturated heterocycles. The molecule has 7 heteroatoms. The summed E-state index contributed by atoms with van der Waals surface area (Å²) in [6, 6.07) is 4.97. The van der Waals surface area contributed by atoms with E-state index in [2.05, 4.69) is 15.9 Å². The van der Waals surface area contributed by atoms with Crippen LogP contribution in [-0.2, 0) is 14.9 Å². The molecule has 1 aliphatic rings. The Morgan fingerprint density at radius 3 is 2.62 bits per heavy atom. The van der Waals surface area contributed by atoms with Gasteiger partial charge in [0.05, 0.1) is 15.9 Å². The van der Waals surface area contributed by atoms with E-state index in [9.17, 15) is 14.4 Å². The normalized spacial score (nSPS) is 16.7. The van der Waals surface area contributed by atoms with Gasteiger partial charge in [0.2, 0.25) is 5.91 Å². The Morgan fingerprint density at radius 2 is 2.04 bits per heavy atom. The number of Topliss-reactive ketones (excluding diaryl/α,β-unsaturated/α-hetero) is 1. The number of ether oxygens (including phenoxy) is 1. The van der Waals surface area contributed by atoms with Crippen LogP contribution in [0.4, 0.5) is 10.5 Å². The average molecular weight is 414 g/mol. The molecule has 2 rings (SSSR count). The number of nitrogens with zero attached hydrogens (tertiary/aromatic N) is 1. The fourth-order valence-corrected chi connectivity index (χ4v) is 3.09. The molecule has 0 aromatic heterocycles. The molecular formula is C17H20BrNO4S. The highest BCUT2D eigenvalue weighted by Crippen LogP contribution is 2.42. The molecule has 1 atom stereocenters.